The Bertz CT molecular complexity index is 1060. The first-order valence-electron chi connectivity index (χ1n) is 10.4. The molecule has 1 unspecified atom stereocenters. The minimum Gasteiger partial charge on any atom is -0.352 e. The van der Waals surface area contributed by atoms with Crippen molar-refractivity contribution < 1.29 is 18.0 Å². The number of hydrogen-bond donors (Lipinski definition) is 1. The molecule has 8 heteroatoms. The van der Waals surface area contributed by atoms with Gasteiger partial charge in [0.2, 0.25) is 5.91 Å². The summed E-state index contributed by atoms with van der Waals surface area (Å²) in [4.78, 5) is 17.1. The quantitative estimate of drug-likeness (QED) is 0.497. The summed E-state index contributed by atoms with van der Waals surface area (Å²) in [5.41, 5.74) is 1.17. The number of benzene rings is 2. The molecule has 0 saturated heterocycles. The highest BCUT2D eigenvalue weighted by Crippen LogP contribution is 2.34. The Morgan fingerprint density at radius 3 is 2.58 bits per heavy atom. The van der Waals surface area contributed by atoms with Gasteiger partial charge < -0.3 is 9.88 Å². The predicted molar refractivity (Wildman–Crippen MR) is 116 cm³/mol. The number of amides is 1. The van der Waals surface area contributed by atoms with E-state index in [0.29, 0.717) is 17.2 Å². The van der Waals surface area contributed by atoms with Gasteiger partial charge in [0.05, 0.1) is 28.4 Å². The summed E-state index contributed by atoms with van der Waals surface area (Å²) in [5.74, 6) is -0.0637. The maximum absolute atomic E-state index is 13.2. The van der Waals surface area contributed by atoms with E-state index in [-0.39, 0.29) is 17.5 Å². The van der Waals surface area contributed by atoms with Gasteiger partial charge in [-0.2, -0.15) is 13.2 Å². The fourth-order valence-electron chi connectivity index (χ4n) is 3.89. The molecular weight excluding hydrogens is 423 g/mol. The molecule has 0 radical (unpaired) electrons. The largest absolute Gasteiger partial charge is 0.416 e. The Hall–Kier alpha value is -2.48. The topological polar surface area (TPSA) is 46.9 Å². The Labute approximate surface area is 183 Å². The van der Waals surface area contributed by atoms with Crippen LogP contribution < -0.4 is 5.32 Å². The minimum absolute atomic E-state index is 0.0637. The molecule has 0 spiro atoms. The van der Waals surface area contributed by atoms with Crippen LogP contribution in [0.3, 0.4) is 0 Å². The monoisotopic (exact) mass is 447 g/mol. The zero-order valence-electron chi connectivity index (χ0n) is 17.2. The number of imidazole rings is 1. The fraction of sp³-hybridized carbons (Fsp3) is 0.391. The van der Waals surface area contributed by atoms with Crippen molar-refractivity contribution in [1.29, 1.82) is 0 Å². The smallest absolute Gasteiger partial charge is 0.352 e. The molecule has 1 N–H and O–H groups in total. The number of rotatable bonds is 6. The standard InChI is InChI=1S/C23H24F3N3OS/c1-15(21(30)27-18-9-5-6-10-18)31-22-28-19-13-17(23(24,25)26)11-12-20(19)29(22)14-16-7-3-2-4-8-16/h2-4,7-8,11-13,15,18H,5-6,9-10,14H2,1H3,(H,27,30). The lowest BCUT2D eigenvalue weighted by Crippen LogP contribution is -2.37. The number of nitrogens with zero attached hydrogens (tertiary/aromatic N) is 2. The molecule has 1 aromatic heterocycles. The Morgan fingerprint density at radius 1 is 1.19 bits per heavy atom. The molecule has 4 nitrogen and oxygen atoms in total. The molecule has 4 rings (SSSR count). The van der Waals surface area contributed by atoms with E-state index in [9.17, 15) is 18.0 Å². The molecule has 1 saturated carbocycles. The Kier molecular flexibility index (Phi) is 6.27. The van der Waals surface area contributed by atoms with Crippen LogP contribution in [0.25, 0.3) is 11.0 Å². The van der Waals surface area contributed by atoms with E-state index in [1.807, 2.05) is 41.8 Å². The first-order valence-corrected chi connectivity index (χ1v) is 11.3. The number of carbonyl (C=O) groups is 1. The van der Waals surface area contributed by atoms with Gasteiger partial charge in [-0.25, -0.2) is 4.98 Å². The zero-order valence-corrected chi connectivity index (χ0v) is 18.0. The number of nitrogens with one attached hydrogen (secondary N) is 1. The molecule has 1 aliphatic carbocycles. The van der Waals surface area contributed by atoms with Gasteiger partial charge in [-0.15, -0.1) is 0 Å². The van der Waals surface area contributed by atoms with E-state index in [0.717, 1.165) is 43.4 Å². The van der Waals surface area contributed by atoms with Crippen LogP contribution in [-0.4, -0.2) is 26.8 Å². The lowest BCUT2D eigenvalue weighted by Gasteiger charge is -2.17. The molecule has 0 aliphatic heterocycles. The number of halogens is 3. The lowest BCUT2D eigenvalue weighted by molar-refractivity contribution is -0.137. The highest BCUT2D eigenvalue weighted by atomic mass is 32.2. The van der Waals surface area contributed by atoms with Crippen molar-refractivity contribution in [3.05, 3.63) is 59.7 Å². The summed E-state index contributed by atoms with van der Waals surface area (Å²) in [5, 5.41) is 3.21. The van der Waals surface area contributed by atoms with Crippen LogP contribution >= 0.6 is 11.8 Å². The summed E-state index contributed by atoms with van der Waals surface area (Å²) in [6, 6.07) is 13.5. The predicted octanol–water partition coefficient (Wildman–Crippen LogP) is 5.64. The normalized spacial score (nSPS) is 16.0. The molecule has 1 heterocycles. The number of fused-ring (bicyclic) bond motifs is 1. The minimum atomic E-state index is -4.43. The summed E-state index contributed by atoms with van der Waals surface area (Å²) in [6.45, 7) is 2.27. The molecule has 1 aliphatic rings. The van der Waals surface area contributed by atoms with E-state index >= 15 is 0 Å². The van der Waals surface area contributed by atoms with Crippen molar-refractivity contribution in [3.8, 4) is 0 Å². The van der Waals surface area contributed by atoms with Gasteiger partial charge in [0.1, 0.15) is 0 Å². The first-order chi connectivity index (χ1) is 14.8. The Balaban J connectivity index is 1.64. The third kappa shape index (κ3) is 5.06. The lowest BCUT2D eigenvalue weighted by atomic mass is 10.2. The van der Waals surface area contributed by atoms with E-state index in [2.05, 4.69) is 10.3 Å². The average molecular weight is 448 g/mol. The summed E-state index contributed by atoms with van der Waals surface area (Å²) in [7, 11) is 0. The Morgan fingerprint density at radius 2 is 1.90 bits per heavy atom. The van der Waals surface area contributed by atoms with Gasteiger partial charge >= 0.3 is 6.18 Å². The first kappa shape index (κ1) is 21.7. The highest BCUT2D eigenvalue weighted by molar-refractivity contribution is 8.00. The van der Waals surface area contributed by atoms with Gasteiger partial charge in [0, 0.05) is 6.04 Å². The van der Waals surface area contributed by atoms with Crippen LogP contribution in [0, 0.1) is 0 Å². The van der Waals surface area contributed by atoms with Crippen molar-refractivity contribution >= 4 is 28.7 Å². The number of aromatic nitrogens is 2. The average Bonchev–Trinajstić information content (AvgIpc) is 3.36. The molecule has 0 bridgehead atoms. The van der Waals surface area contributed by atoms with Crippen LogP contribution in [0.1, 0.15) is 43.7 Å². The van der Waals surface area contributed by atoms with Crippen molar-refractivity contribution in [3.63, 3.8) is 0 Å². The van der Waals surface area contributed by atoms with Crippen LogP contribution in [0.2, 0.25) is 0 Å². The van der Waals surface area contributed by atoms with Crippen molar-refractivity contribution in [2.75, 3.05) is 0 Å². The molecule has 1 fully saturated rings. The molecular formula is C23H24F3N3OS. The third-order valence-electron chi connectivity index (χ3n) is 5.58. The molecule has 31 heavy (non-hydrogen) atoms. The highest BCUT2D eigenvalue weighted by Gasteiger charge is 2.31. The number of hydrogen-bond acceptors (Lipinski definition) is 3. The molecule has 1 amide bonds. The van der Waals surface area contributed by atoms with Crippen molar-refractivity contribution in [2.24, 2.45) is 0 Å². The van der Waals surface area contributed by atoms with Gasteiger partial charge in [-0.05, 0) is 43.5 Å². The van der Waals surface area contributed by atoms with Crippen LogP contribution in [-0.2, 0) is 17.5 Å². The molecule has 1 atom stereocenters. The molecule has 164 valence electrons. The SMILES string of the molecule is CC(Sc1nc2cc(C(F)(F)F)ccc2n1Cc1ccccc1)C(=O)NC1CCCC1. The van der Waals surface area contributed by atoms with Gasteiger partial charge in [0.25, 0.3) is 0 Å². The second-order valence-corrected chi connectivity index (χ2v) is 9.23. The second kappa shape index (κ2) is 8.94. The van der Waals surface area contributed by atoms with Gasteiger partial charge in [0.15, 0.2) is 5.16 Å². The zero-order chi connectivity index (χ0) is 22.0. The summed E-state index contributed by atoms with van der Waals surface area (Å²) < 4.78 is 41.4. The fourth-order valence-corrected chi connectivity index (χ4v) is 4.83. The maximum Gasteiger partial charge on any atom is 0.416 e. The van der Waals surface area contributed by atoms with Crippen molar-refractivity contribution in [1.82, 2.24) is 14.9 Å². The number of alkyl halides is 3. The van der Waals surface area contributed by atoms with E-state index in [1.165, 1.54) is 17.8 Å². The van der Waals surface area contributed by atoms with Gasteiger partial charge in [-0.3, -0.25) is 4.79 Å². The summed E-state index contributed by atoms with van der Waals surface area (Å²) >= 11 is 1.28. The van der Waals surface area contributed by atoms with Crippen LogP contribution in [0.5, 0.6) is 0 Å². The van der Waals surface area contributed by atoms with Crippen molar-refractivity contribution in [2.45, 2.75) is 61.8 Å². The second-order valence-electron chi connectivity index (χ2n) is 7.92. The van der Waals surface area contributed by atoms with E-state index in [1.54, 1.807) is 0 Å². The summed E-state index contributed by atoms with van der Waals surface area (Å²) in [6.07, 6.45) is -0.188. The maximum atomic E-state index is 13.2. The molecule has 3 aromatic rings. The van der Waals surface area contributed by atoms with Gasteiger partial charge in [-0.1, -0.05) is 54.9 Å². The van der Waals surface area contributed by atoms with Crippen LogP contribution in [0.15, 0.2) is 53.7 Å². The molecule has 2 aromatic carbocycles. The number of carbonyl (C=O) groups excluding carboxylic acids is 1. The van der Waals surface area contributed by atoms with E-state index < -0.39 is 17.0 Å². The van der Waals surface area contributed by atoms with Crippen LogP contribution in [0.4, 0.5) is 13.2 Å². The van der Waals surface area contributed by atoms with E-state index in [4.69, 9.17) is 0 Å². The third-order valence-corrected chi connectivity index (χ3v) is 6.67. The number of thioether (sulfide) groups is 1.